The number of ether oxygens (including phenoxy) is 1. The van der Waals surface area contributed by atoms with Gasteiger partial charge in [0.2, 0.25) is 0 Å². The smallest absolute Gasteiger partial charge is 0.372 e. The first-order valence-corrected chi connectivity index (χ1v) is 7.67. The summed E-state index contributed by atoms with van der Waals surface area (Å²) in [7, 11) is 0. The van der Waals surface area contributed by atoms with Gasteiger partial charge in [0.25, 0.3) is 0 Å². The van der Waals surface area contributed by atoms with Crippen molar-refractivity contribution in [3.63, 3.8) is 0 Å². The second kappa shape index (κ2) is 7.38. The van der Waals surface area contributed by atoms with Gasteiger partial charge in [-0.2, -0.15) is 13.2 Å². The number of hydrogen-bond acceptors (Lipinski definition) is 2. The molecule has 1 saturated heterocycles. The minimum absolute atomic E-state index is 0.189. The fraction of sp³-hybridized carbons (Fsp3) is 0.562. The molecule has 1 N–H and O–H groups in total. The average molecular weight is 348 g/mol. The zero-order chi connectivity index (χ0) is 17.9. The number of rotatable bonds is 3. The molecule has 0 spiro atoms. The van der Waals surface area contributed by atoms with Crippen LogP contribution in [-0.4, -0.2) is 42.4 Å². The van der Waals surface area contributed by atoms with Crippen LogP contribution in [0.1, 0.15) is 31.9 Å². The molecule has 2 rings (SSSR count). The lowest BCUT2D eigenvalue weighted by Gasteiger charge is -2.36. The van der Waals surface area contributed by atoms with Gasteiger partial charge in [0, 0.05) is 13.1 Å². The van der Waals surface area contributed by atoms with E-state index in [1.807, 2.05) is 0 Å². The van der Waals surface area contributed by atoms with Gasteiger partial charge >= 0.3 is 12.2 Å². The standard InChI is InChI=1S/C16H20F4N2O2/c1-10-8-22(9-11(2)24-10)15(23)21-14(7-16(18,19)20)12-3-5-13(17)6-4-12/h3-6,10-11,14H,7-9H2,1-2H3,(H,21,23)/t10-,11+,14-/m1/s1. The van der Waals surface area contributed by atoms with E-state index in [2.05, 4.69) is 5.32 Å². The third kappa shape index (κ3) is 5.36. The zero-order valence-corrected chi connectivity index (χ0v) is 13.4. The van der Waals surface area contributed by atoms with Crippen LogP contribution < -0.4 is 5.32 Å². The van der Waals surface area contributed by atoms with Gasteiger partial charge in [0.05, 0.1) is 24.7 Å². The third-order valence-electron chi connectivity index (χ3n) is 3.71. The number of carbonyl (C=O) groups is 1. The number of benzene rings is 1. The zero-order valence-electron chi connectivity index (χ0n) is 13.4. The lowest BCUT2D eigenvalue weighted by atomic mass is 10.0. The lowest BCUT2D eigenvalue weighted by Crippen LogP contribution is -2.52. The first kappa shape index (κ1) is 18.5. The molecule has 8 heteroatoms. The van der Waals surface area contributed by atoms with Crippen LogP contribution in [0.25, 0.3) is 0 Å². The molecule has 1 aromatic rings. The molecule has 2 amide bonds. The normalized spacial score (nSPS) is 23.0. The van der Waals surface area contributed by atoms with Crippen molar-refractivity contribution in [2.45, 2.75) is 44.7 Å². The lowest BCUT2D eigenvalue weighted by molar-refractivity contribution is -0.140. The monoisotopic (exact) mass is 348 g/mol. The van der Waals surface area contributed by atoms with Crippen LogP contribution in [0.3, 0.4) is 0 Å². The Morgan fingerprint density at radius 3 is 2.29 bits per heavy atom. The number of alkyl halides is 3. The topological polar surface area (TPSA) is 41.6 Å². The molecule has 1 heterocycles. The van der Waals surface area contributed by atoms with Crippen LogP contribution in [0.5, 0.6) is 0 Å². The van der Waals surface area contributed by atoms with E-state index in [4.69, 9.17) is 4.74 Å². The van der Waals surface area contributed by atoms with Crippen LogP contribution in [0.2, 0.25) is 0 Å². The van der Waals surface area contributed by atoms with Crippen molar-refractivity contribution in [3.8, 4) is 0 Å². The van der Waals surface area contributed by atoms with Gasteiger partial charge in [-0.15, -0.1) is 0 Å². The van der Waals surface area contributed by atoms with E-state index in [1.165, 1.54) is 17.0 Å². The molecule has 1 aromatic carbocycles. The summed E-state index contributed by atoms with van der Waals surface area (Å²) in [6.45, 7) is 4.20. The highest BCUT2D eigenvalue weighted by Gasteiger charge is 2.35. The molecule has 0 unspecified atom stereocenters. The number of halogens is 4. The van der Waals surface area contributed by atoms with Crippen molar-refractivity contribution >= 4 is 6.03 Å². The maximum Gasteiger partial charge on any atom is 0.391 e. The molecule has 4 nitrogen and oxygen atoms in total. The minimum atomic E-state index is -4.46. The summed E-state index contributed by atoms with van der Waals surface area (Å²) in [6.07, 6.45) is -6.06. The molecule has 0 aliphatic carbocycles. The number of nitrogens with one attached hydrogen (secondary N) is 1. The van der Waals surface area contributed by atoms with Gasteiger partial charge in [0.1, 0.15) is 5.82 Å². The van der Waals surface area contributed by atoms with Crippen LogP contribution in [0.4, 0.5) is 22.4 Å². The van der Waals surface area contributed by atoms with Crippen molar-refractivity contribution in [2.24, 2.45) is 0 Å². The van der Waals surface area contributed by atoms with Crippen molar-refractivity contribution in [2.75, 3.05) is 13.1 Å². The van der Waals surface area contributed by atoms with Gasteiger partial charge < -0.3 is 15.0 Å². The molecular formula is C16H20F4N2O2. The second-order valence-corrected chi connectivity index (χ2v) is 6.04. The Labute approximate surface area is 137 Å². The van der Waals surface area contributed by atoms with E-state index in [9.17, 15) is 22.4 Å². The number of urea groups is 1. The maximum absolute atomic E-state index is 13.0. The summed E-state index contributed by atoms with van der Waals surface area (Å²) in [5.41, 5.74) is 0.205. The molecule has 0 radical (unpaired) electrons. The van der Waals surface area contributed by atoms with Crippen LogP contribution in [-0.2, 0) is 4.74 Å². The van der Waals surface area contributed by atoms with Crippen molar-refractivity contribution < 1.29 is 27.1 Å². The Morgan fingerprint density at radius 1 is 1.25 bits per heavy atom. The molecule has 1 aliphatic heterocycles. The second-order valence-electron chi connectivity index (χ2n) is 6.04. The SMILES string of the molecule is C[C@@H]1CN(C(=O)N[C@H](CC(F)(F)F)c2ccc(F)cc2)C[C@H](C)O1. The highest BCUT2D eigenvalue weighted by molar-refractivity contribution is 5.75. The van der Waals surface area contributed by atoms with Gasteiger partial charge in [-0.25, -0.2) is 9.18 Å². The first-order valence-electron chi connectivity index (χ1n) is 7.67. The van der Waals surface area contributed by atoms with E-state index in [1.54, 1.807) is 13.8 Å². The molecule has 0 aromatic heterocycles. The Bertz CT molecular complexity index is 552. The fourth-order valence-corrected chi connectivity index (χ4v) is 2.76. The largest absolute Gasteiger partial charge is 0.391 e. The first-order chi connectivity index (χ1) is 11.1. The number of carbonyl (C=O) groups excluding carboxylic acids is 1. The number of nitrogens with zero attached hydrogens (tertiary/aromatic N) is 1. The van der Waals surface area contributed by atoms with Crippen molar-refractivity contribution in [1.29, 1.82) is 0 Å². The van der Waals surface area contributed by atoms with Gasteiger partial charge in [0.15, 0.2) is 0 Å². The molecule has 0 bridgehead atoms. The van der Waals surface area contributed by atoms with Crippen LogP contribution in [0.15, 0.2) is 24.3 Å². The molecular weight excluding hydrogens is 328 g/mol. The maximum atomic E-state index is 13.0. The summed E-state index contributed by atoms with van der Waals surface area (Å²) in [6, 6.07) is 2.78. The van der Waals surface area contributed by atoms with Gasteiger partial charge in [-0.3, -0.25) is 0 Å². The summed E-state index contributed by atoms with van der Waals surface area (Å²) in [5.74, 6) is -0.549. The summed E-state index contributed by atoms with van der Waals surface area (Å²) in [4.78, 5) is 13.8. The van der Waals surface area contributed by atoms with Gasteiger partial charge in [-0.05, 0) is 31.5 Å². The Morgan fingerprint density at radius 2 is 1.79 bits per heavy atom. The van der Waals surface area contributed by atoms with Gasteiger partial charge in [-0.1, -0.05) is 12.1 Å². The predicted octanol–water partition coefficient (Wildman–Crippen LogP) is 3.64. The highest BCUT2D eigenvalue weighted by atomic mass is 19.4. The summed E-state index contributed by atoms with van der Waals surface area (Å²) in [5, 5.41) is 2.41. The van der Waals surface area contributed by atoms with E-state index in [0.717, 1.165) is 12.1 Å². The summed E-state index contributed by atoms with van der Waals surface area (Å²) < 4.78 is 57.0. The van der Waals surface area contributed by atoms with E-state index >= 15 is 0 Å². The molecule has 0 saturated carbocycles. The van der Waals surface area contributed by atoms with E-state index in [0.29, 0.717) is 13.1 Å². The number of hydrogen-bond donors (Lipinski definition) is 1. The Kier molecular flexibility index (Phi) is 5.69. The van der Waals surface area contributed by atoms with Crippen molar-refractivity contribution in [3.05, 3.63) is 35.6 Å². The van der Waals surface area contributed by atoms with Crippen LogP contribution >= 0.6 is 0 Å². The molecule has 1 aliphatic rings. The minimum Gasteiger partial charge on any atom is -0.372 e. The van der Waals surface area contributed by atoms with E-state index in [-0.39, 0.29) is 17.8 Å². The fourth-order valence-electron chi connectivity index (χ4n) is 2.76. The molecule has 1 fully saturated rings. The predicted molar refractivity (Wildman–Crippen MR) is 79.9 cm³/mol. The van der Waals surface area contributed by atoms with Crippen molar-refractivity contribution in [1.82, 2.24) is 10.2 Å². The molecule has 3 atom stereocenters. The Balaban J connectivity index is 2.12. The Hall–Kier alpha value is -1.83. The molecule has 24 heavy (non-hydrogen) atoms. The van der Waals surface area contributed by atoms with Crippen LogP contribution in [0, 0.1) is 5.82 Å². The van der Waals surface area contributed by atoms with E-state index < -0.39 is 30.5 Å². The highest BCUT2D eigenvalue weighted by Crippen LogP contribution is 2.30. The molecule has 134 valence electrons. The summed E-state index contributed by atoms with van der Waals surface area (Å²) >= 11 is 0. The average Bonchev–Trinajstić information content (AvgIpc) is 2.44. The quantitative estimate of drug-likeness (QED) is 0.848. The number of morpholine rings is 1. The number of amides is 2. The third-order valence-corrected chi connectivity index (χ3v) is 3.71.